The fraction of sp³-hybridized carbons (Fsp3) is 0.571. The summed E-state index contributed by atoms with van der Waals surface area (Å²) in [6.07, 6.45) is 2.38. The fourth-order valence-corrected chi connectivity index (χ4v) is 3.63. The number of rotatable bonds is 5. The zero-order valence-electron chi connectivity index (χ0n) is 11.3. The van der Waals surface area contributed by atoms with Gasteiger partial charge in [0.1, 0.15) is 15.6 Å². The summed E-state index contributed by atoms with van der Waals surface area (Å²) in [4.78, 5) is 0. The molecule has 0 bridgehead atoms. The molecule has 4 nitrogen and oxygen atoms in total. The van der Waals surface area contributed by atoms with E-state index in [0.717, 1.165) is 24.5 Å². The van der Waals surface area contributed by atoms with Gasteiger partial charge in [-0.25, -0.2) is 8.42 Å². The van der Waals surface area contributed by atoms with Gasteiger partial charge in [-0.05, 0) is 43.5 Å². The standard InChI is InChI=1S/C14H21NO3S/c1-2-9-18-14-5-3-12(4-6-14)15-13-7-10-19(16,17)11-8-13/h3-6,13,15H,2,7-11H2,1H3. The predicted molar refractivity (Wildman–Crippen MR) is 77.5 cm³/mol. The summed E-state index contributed by atoms with van der Waals surface area (Å²) in [7, 11) is -2.78. The molecule has 1 aliphatic rings. The molecule has 1 aromatic carbocycles. The third kappa shape index (κ3) is 4.42. The van der Waals surface area contributed by atoms with Gasteiger partial charge in [-0.2, -0.15) is 0 Å². The van der Waals surface area contributed by atoms with E-state index in [9.17, 15) is 8.42 Å². The highest BCUT2D eigenvalue weighted by atomic mass is 32.2. The second kappa shape index (κ2) is 6.28. The molecule has 1 aromatic rings. The third-order valence-corrected chi connectivity index (χ3v) is 4.97. The zero-order chi connectivity index (χ0) is 13.7. The monoisotopic (exact) mass is 283 g/mol. The van der Waals surface area contributed by atoms with Gasteiger partial charge in [0.15, 0.2) is 0 Å². The maximum Gasteiger partial charge on any atom is 0.150 e. The lowest BCUT2D eigenvalue weighted by atomic mass is 10.1. The van der Waals surface area contributed by atoms with Crippen molar-refractivity contribution in [1.29, 1.82) is 0 Å². The van der Waals surface area contributed by atoms with Crippen LogP contribution in [0.15, 0.2) is 24.3 Å². The average molecular weight is 283 g/mol. The maximum atomic E-state index is 11.3. The minimum Gasteiger partial charge on any atom is -0.494 e. The molecule has 1 heterocycles. The van der Waals surface area contributed by atoms with Crippen LogP contribution in [0.5, 0.6) is 5.75 Å². The van der Waals surface area contributed by atoms with E-state index in [1.165, 1.54) is 0 Å². The number of anilines is 1. The molecule has 19 heavy (non-hydrogen) atoms. The molecule has 1 saturated heterocycles. The minimum absolute atomic E-state index is 0.255. The Kier molecular flexibility index (Phi) is 4.69. The van der Waals surface area contributed by atoms with Crippen LogP contribution >= 0.6 is 0 Å². The van der Waals surface area contributed by atoms with Crippen molar-refractivity contribution in [3.63, 3.8) is 0 Å². The number of hydrogen-bond acceptors (Lipinski definition) is 4. The van der Waals surface area contributed by atoms with Crippen molar-refractivity contribution in [2.45, 2.75) is 32.2 Å². The van der Waals surface area contributed by atoms with Gasteiger partial charge in [0, 0.05) is 11.7 Å². The van der Waals surface area contributed by atoms with Crippen molar-refractivity contribution in [1.82, 2.24) is 0 Å². The molecule has 0 radical (unpaired) electrons. The Bertz CT molecular complexity index is 482. The van der Waals surface area contributed by atoms with Gasteiger partial charge in [0.25, 0.3) is 0 Å². The molecule has 0 spiro atoms. The lowest BCUT2D eigenvalue weighted by molar-refractivity contribution is 0.317. The second-order valence-corrected chi connectivity index (χ2v) is 7.25. The van der Waals surface area contributed by atoms with Crippen molar-refractivity contribution < 1.29 is 13.2 Å². The molecular weight excluding hydrogens is 262 g/mol. The summed E-state index contributed by atoms with van der Waals surface area (Å²) in [5, 5.41) is 3.38. The van der Waals surface area contributed by atoms with E-state index in [0.29, 0.717) is 24.3 Å². The number of sulfone groups is 1. The predicted octanol–water partition coefficient (Wildman–Crippen LogP) is 2.46. The smallest absolute Gasteiger partial charge is 0.150 e. The Morgan fingerprint density at radius 1 is 1.21 bits per heavy atom. The number of benzene rings is 1. The fourth-order valence-electron chi connectivity index (χ4n) is 2.14. The Labute approximate surface area is 115 Å². The molecule has 0 aromatic heterocycles. The SMILES string of the molecule is CCCOc1ccc(NC2CCS(=O)(=O)CC2)cc1. The van der Waals surface area contributed by atoms with E-state index in [4.69, 9.17) is 4.74 Å². The number of ether oxygens (including phenoxy) is 1. The zero-order valence-corrected chi connectivity index (χ0v) is 12.1. The first-order valence-corrected chi connectivity index (χ1v) is 8.61. The minimum atomic E-state index is -2.78. The molecule has 0 saturated carbocycles. The number of hydrogen-bond donors (Lipinski definition) is 1. The highest BCUT2D eigenvalue weighted by Crippen LogP contribution is 2.20. The van der Waals surface area contributed by atoms with Crippen LogP contribution in [-0.4, -0.2) is 32.6 Å². The molecule has 0 aliphatic carbocycles. The van der Waals surface area contributed by atoms with Gasteiger partial charge in [0.2, 0.25) is 0 Å². The molecule has 106 valence electrons. The van der Waals surface area contributed by atoms with E-state index in [1.807, 2.05) is 24.3 Å². The van der Waals surface area contributed by atoms with Crippen molar-refractivity contribution in [3.05, 3.63) is 24.3 Å². The summed E-state index contributed by atoms with van der Waals surface area (Å²) in [6, 6.07) is 8.10. The molecule has 1 fully saturated rings. The van der Waals surface area contributed by atoms with Crippen molar-refractivity contribution in [3.8, 4) is 5.75 Å². The van der Waals surface area contributed by atoms with E-state index < -0.39 is 9.84 Å². The van der Waals surface area contributed by atoms with Crippen LogP contribution in [0, 0.1) is 0 Å². The van der Waals surface area contributed by atoms with Crippen LogP contribution in [0.1, 0.15) is 26.2 Å². The first-order valence-electron chi connectivity index (χ1n) is 6.79. The van der Waals surface area contributed by atoms with E-state index in [-0.39, 0.29) is 6.04 Å². The largest absolute Gasteiger partial charge is 0.494 e. The summed E-state index contributed by atoms with van der Waals surface area (Å²) in [5.74, 6) is 1.46. The molecule has 0 unspecified atom stereocenters. The summed E-state index contributed by atoms with van der Waals surface area (Å²) in [6.45, 7) is 2.81. The van der Waals surface area contributed by atoms with Crippen molar-refractivity contribution in [2.75, 3.05) is 23.4 Å². The van der Waals surface area contributed by atoms with Crippen LogP contribution in [-0.2, 0) is 9.84 Å². The van der Waals surface area contributed by atoms with Gasteiger partial charge < -0.3 is 10.1 Å². The van der Waals surface area contributed by atoms with Crippen LogP contribution in [0.25, 0.3) is 0 Å². The molecular formula is C14H21NO3S. The molecule has 2 rings (SSSR count). The van der Waals surface area contributed by atoms with Gasteiger partial charge in [0.05, 0.1) is 18.1 Å². The Morgan fingerprint density at radius 3 is 2.42 bits per heavy atom. The van der Waals surface area contributed by atoms with E-state index in [2.05, 4.69) is 12.2 Å². The highest BCUT2D eigenvalue weighted by Gasteiger charge is 2.23. The Morgan fingerprint density at radius 2 is 1.84 bits per heavy atom. The molecule has 1 N–H and O–H groups in total. The summed E-state index contributed by atoms with van der Waals surface area (Å²) >= 11 is 0. The first-order chi connectivity index (χ1) is 9.09. The topological polar surface area (TPSA) is 55.4 Å². The molecule has 0 atom stereocenters. The quantitative estimate of drug-likeness (QED) is 0.902. The van der Waals surface area contributed by atoms with Gasteiger partial charge in [-0.15, -0.1) is 0 Å². The van der Waals surface area contributed by atoms with Gasteiger partial charge >= 0.3 is 0 Å². The lowest BCUT2D eigenvalue weighted by Crippen LogP contribution is -2.32. The molecule has 5 heteroatoms. The third-order valence-electron chi connectivity index (χ3n) is 3.25. The van der Waals surface area contributed by atoms with Gasteiger partial charge in [-0.3, -0.25) is 0 Å². The summed E-state index contributed by atoms with van der Waals surface area (Å²) in [5.41, 5.74) is 1.02. The summed E-state index contributed by atoms with van der Waals surface area (Å²) < 4.78 is 28.2. The maximum absolute atomic E-state index is 11.3. The Balaban J connectivity index is 1.86. The lowest BCUT2D eigenvalue weighted by Gasteiger charge is -2.24. The van der Waals surface area contributed by atoms with Crippen LogP contribution in [0.2, 0.25) is 0 Å². The van der Waals surface area contributed by atoms with Crippen LogP contribution < -0.4 is 10.1 Å². The molecule has 0 amide bonds. The second-order valence-electron chi connectivity index (χ2n) is 4.94. The van der Waals surface area contributed by atoms with E-state index >= 15 is 0 Å². The van der Waals surface area contributed by atoms with Crippen LogP contribution in [0.3, 0.4) is 0 Å². The normalized spacial score (nSPS) is 19.0. The van der Waals surface area contributed by atoms with Crippen LogP contribution in [0.4, 0.5) is 5.69 Å². The number of nitrogens with one attached hydrogen (secondary N) is 1. The van der Waals surface area contributed by atoms with Crippen molar-refractivity contribution in [2.24, 2.45) is 0 Å². The molecule has 1 aliphatic heterocycles. The Hall–Kier alpha value is -1.23. The average Bonchev–Trinajstić information content (AvgIpc) is 2.40. The van der Waals surface area contributed by atoms with Crippen molar-refractivity contribution >= 4 is 15.5 Å². The van der Waals surface area contributed by atoms with E-state index in [1.54, 1.807) is 0 Å². The van der Waals surface area contributed by atoms with Gasteiger partial charge in [-0.1, -0.05) is 6.92 Å². The first kappa shape index (κ1) is 14.2. The highest BCUT2D eigenvalue weighted by molar-refractivity contribution is 7.91.